The molecule has 2 N–H and O–H groups in total. The number of piperidine rings is 1. The highest BCUT2D eigenvalue weighted by Crippen LogP contribution is 2.18. The van der Waals surface area contributed by atoms with E-state index in [-0.39, 0.29) is 5.91 Å². The van der Waals surface area contributed by atoms with Crippen LogP contribution in [0.1, 0.15) is 18.4 Å². The summed E-state index contributed by atoms with van der Waals surface area (Å²) < 4.78 is 5.11. The Kier molecular flexibility index (Phi) is 5.38. The zero-order chi connectivity index (χ0) is 14.4. The number of ether oxygens (including phenoxy) is 1. The van der Waals surface area contributed by atoms with E-state index in [1.807, 2.05) is 29.2 Å². The summed E-state index contributed by atoms with van der Waals surface area (Å²) in [4.78, 5) is 18.8. The highest BCUT2D eigenvalue weighted by atomic mass is 16.6. The molecule has 1 aliphatic heterocycles. The molecule has 1 amide bonds. The number of likely N-dealkylation sites (tertiary alicyclic amines) is 1. The summed E-state index contributed by atoms with van der Waals surface area (Å²) in [6, 6.07) is 7.64. The number of nitrogens with two attached hydrogens (primary N) is 1. The third kappa shape index (κ3) is 3.95. The van der Waals surface area contributed by atoms with Crippen molar-refractivity contribution < 1.29 is 14.4 Å². The Balaban J connectivity index is 1.83. The number of nitrogens with zero attached hydrogens (tertiary/aromatic N) is 1. The number of carbonyl (C=O) groups excluding carboxylic acids is 1. The van der Waals surface area contributed by atoms with E-state index in [2.05, 4.69) is 4.84 Å². The summed E-state index contributed by atoms with van der Waals surface area (Å²) in [5.74, 6) is 6.56. The Hall–Kier alpha value is -1.59. The predicted octanol–water partition coefficient (Wildman–Crippen LogP) is 1.37. The Bertz CT molecular complexity index is 425. The lowest BCUT2D eigenvalue weighted by Crippen LogP contribution is -2.40. The molecule has 1 aromatic carbocycles. The molecule has 1 aromatic rings. The molecule has 20 heavy (non-hydrogen) atoms. The van der Waals surface area contributed by atoms with Crippen molar-refractivity contribution in [2.24, 2.45) is 11.8 Å². The van der Waals surface area contributed by atoms with E-state index in [1.54, 1.807) is 7.11 Å². The Labute approximate surface area is 119 Å². The van der Waals surface area contributed by atoms with Crippen LogP contribution in [0, 0.1) is 5.92 Å². The minimum atomic E-state index is 0.183. The molecule has 0 saturated carbocycles. The molecule has 110 valence electrons. The molecule has 5 heteroatoms. The van der Waals surface area contributed by atoms with Crippen LogP contribution in [0.15, 0.2) is 24.3 Å². The van der Waals surface area contributed by atoms with Crippen LogP contribution in [0.4, 0.5) is 0 Å². The quantitative estimate of drug-likeness (QED) is 0.826. The van der Waals surface area contributed by atoms with Gasteiger partial charge >= 0.3 is 0 Å². The zero-order valence-electron chi connectivity index (χ0n) is 11.9. The largest absolute Gasteiger partial charge is 0.497 e. The normalized spacial score (nSPS) is 16.2. The van der Waals surface area contributed by atoms with Gasteiger partial charge in [0.05, 0.1) is 20.1 Å². The highest BCUT2D eigenvalue weighted by Gasteiger charge is 2.22. The molecule has 1 saturated heterocycles. The first-order valence-corrected chi connectivity index (χ1v) is 6.95. The number of rotatable bonds is 5. The minimum absolute atomic E-state index is 0.183. The standard InChI is InChI=1S/C15H22N2O3/c1-19-14-4-2-12(3-5-14)10-15(18)17-8-6-13(7-9-17)11-20-16/h2-5,13H,6-11,16H2,1H3. The van der Waals surface area contributed by atoms with Gasteiger partial charge in [-0.3, -0.25) is 4.79 Å². The van der Waals surface area contributed by atoms with Crippen LogP contribution in [0.3, 0.4) is 0 Å². The number of hydrogen-bond donors (Lipinski definition) is 1. The maximum atomic E-state index is 12.2. The van der Waals surface area contributed by atoms with Gasteiger partial charge in [0.25, 0.3) is 0 Å². The third-order valence-corrected chi connectivity index (χ3v) is 3.81. The fraction of sp³-hybridized carbons (Fsp3) is 0.533. The molecule has 0 radical (unpaired) electrons. The number of carbonyl (C=O) groups is 1. The summed E-state index contributed by atoms with van der Waals surface area (Å²) in [5, 5.41) is 0. The van der Waals surface area contributed by atoms with Crippen molar-refractivity contribution in [3.63, 3.8) is 0 Å². The maximum absolute atomic E-state index is 12.2. The van der Waals surface area contributed by atoms with Crippen molar-refractivity contribution >= 4 is 5.91 Å². The molecule has 0 aliphatic carbocycles. The van der Waals surface area contributed by atoms with E-state index < -0.39 is 0 Å². The molecule has 0 aromatic heterocycles. The van der Waals surface area contributed by atoms with Crippen LogP contribution in [0.5, 0.6) is 5.75 Å². The molecule has 2 rings (SSSR count). The minimum Gasteiger partial charge on any atom is -0.497 e. The van der Waals surface area contributed by atoms with Gasteiger partial charge in [-0.1, -0.05) is 12.1 Å². The van der Waals surface area contributed by atoms with Crippen molar-refractivity contribution in [2.45, 2.75) is 19.3 Å². The smallest absolute Gasteiger partial charge is 0.226 e. The van der Waals surface area contributed by atoms with Gasteiger partial charge in [-0.15, -0.1) is 0 Å². The summed E-state index contributed by atoms with van der Waals surface area (Å²) in [6.07, 6.45) is 2.37. The molecular formula is C15H22N2O3. The molecular weight excluding hydrogens is 256 g/mol. The van der Waals surface area contributed by atoms with E-state index in [0.717, 1.165) is 37.2 Å². The van der Waals surface area contributed by atoms with Crippen LogP contribution < -0.4 is 10.6 Å². The zero-order valence-corrected chi connectivity index (χ0v) is 11.9. The van der Waals surface area contributed by atoms with Gasteiger partial charge in [-0.05, 0) is 36.5 Å². The average molecular weight is 278 g/mol. The van der Waals surface area contributed by atoms with Crippen LogP contribution >= 0.6 is 0 Å². The van der Waals surface area contributed by atoms with Crippen molar-refractivity contribution in [3.8, 4) is 5.75 Å². The van der Waals surface area contributed by atoms with Crippen LogP contribution in [0.25, 0.3) is 0 Å². The second-order valence-electron chi connectivity index (χ2n) is 5.18. The van der Waals surface area contributed by atoms with Gasteiger partial charge in [0.1, 0.15) is 5.75 Å². The topological polar surface area (TPSA) is 64.8 Å². The van der Waals surface area contributed by atoms with Gasteiger partial charge in [-0.25, -0.2) is 5.90 Å². The molecule has 1 fully saturated rings. The van der Waals surface area contributed by atoms with E-state index in [9.17, 15) is 4.79 Å². The Morgan fingerprint density at radius 1 is 1.30 bits per heavy atom. The Morgan fingerprint density at radius 3 is 2.50 bits per heavy atom. The van der Waals surface area contributed by atoms with Crippen LogP contribution in [-0.2, 0) is 16.1 Å². The highest BCUT2D eigenvalue weighted by molar-refractivity contribution is 5.78. The van der Waals surface area contributed by atoms with E-state index >= 15 is 0 Å². The molecule has 1 heterocycles. The summed E-state index contributed by atoms with van der Waals surface area (Å²) in [7, 11) is 1.63. The maximum Gasteiger partial charge on any atom is 0.226 e. The van der Waals surface area contributed by atoms with Crippen molar-refractivity contribution in [2.75, 3.05) is 26.8 Å². The molecule has 0 bridgehead atoms. The lowest BCUT2D eigenvalue weighted by atomic mass is 9.97. The first-order valence-electron chi connectivity index (χ1n) is 6.95. The lowest BCUT2D eigenvalue weighted by molar-refractivity contribution is -0.132. The molecule has 0 spiro atoms. The van der Waals surface area contributed by atoms with Crippen molar-refractivity contribution in [3.05, 3.63) is 29.8 Å². The van der Waals surface area contributed by atoms with E-state index in [4.69, 9.17) is 10.6 Å². The van der Waals surface area contributed by atoms with Crippen molar-refractivity contribution in [1.82, 2.24) is 4.90 Å². The van der Waals surface area contributed by atoms with Crippen LogP contribution in [0.2, 0.25) is 0 Å². The second kappa shape index (κ2) is 7.26. The van der Waals surface area contributed by atoms with Gasteiger partial charge < -0.3 is 14.5 Å². The summed E-state index contributed by atoms with van der Waals surface area (Å²) in [6.45, 7) is 2.17. The fourth-order valence-electron chi connectivity index (χ4n) is 2.51. The van der Waals surface area contributed by atoms with Gasteiger partial charge in [0, 0.05) is 13.1 Å². The molecule has 1 aliphatic rings. The first-order chi connectivity index (χ1) is 9.72. The van der Waals surface area contributed by atoms with Gasteiger partial charge in [0.2, 0.25) is 5.91 Å². The lowest BCUT2D eigenvalue weighted by Gasteiger charge is -2.31. The second-order valence-corrected chi connectivity index (χ2v) is 5.18. The molecule has 0 atom stereocenters. The number of methoxy groups -OCH3 is 1. The number of benzene rings is 1. The summed E-state index contributed by atoms with van der Waals surface area (Å²) in [5.41, 5.74) is 1.02. The predicted molar refractivity (Wildman–Crippen MR) is 76.1 cm³/mol. The number of amides is 1. The van der Waals surface area contributed by atoms with Gasteiger partial charge in [0.15, 0.2) is 0 Å². The summed E-state index contributed by atoms with van der Waals surface area (Å²) >= 11 is 0. The van der Waals surface area contributed by atoms with Crippen LogP contribution in [-0.4, -0.2) is 37.6 Å². The SMILES string of the molecule is COc1ccc(CC(=O)N2CCC(CON)CC2)cc1. The number of hydrogen-bond acceptors (Lipinski definition) is 4. The van der Waals surface area contributed by atoms with E-state index in [0.29, 0.717) is 18.9 Å². The monoisotopic (exact) mass is 278 g/mol. The average Bonchev–Trinajstić information content (AvgIpc) is 2.49. The third-order valence-electron chi connectivity index (χ3n) is 3.81. The van der Waals surface area contributed by atoms with Crippen molar-refractivity contribution in [1.29, 1.82) is 0 Å². The van der Waals surface area contributed by atoms with E-state index in [1.165, 1.54) is 0 Å². The molecule has 5 nitrogen and oxygen atoms in total. The first kappa shape index (κ1) is 14.8. The fourth-order valence-corrected chi connectivity index (χ4v) is 2.51. The molecule has 0 unspecified atom stereocenters. The van der Waals surface area contributed by atoms with Gasteiger partial charge in [-0.2, -0.15) is 0 Å². The Morgan fingerprint density at radius 2 is 1.95 bits per heavy atom.